The number of hydrogen-bond acceptors (Lipinski definition) is 5. The number of amides is 1. The number of ether oxygens (including phenoxy) is 1. The molecule has 1 aromatic rings. The molecule has 0 radical (unpaired) electrons. The van der Waals surface area contributed by atoms with Crippen molar-refractivity contribution in [1.82, 2.24) is 4.90 Å². The lowest BCUT2D eigenvalue weighted by Crippen LogP contribution is -2.40. The zero-order chi connectivity index (χ0) is 17.4. The van der Waals surface area contributed by atoms with Gasteiger partial charge in [-0.05, 0) is 63.2 Å². The van der Waals surface area contributed by atoms with Crippen molar-refractivity contribution in [2.45, 2.75) is 25.7 Å². The predicted molar refractivity (Wildman–Crippen MR) is 92.8 cm³/mol. The number of nitrogens with zero attached hydrogens (tertiary/aromatic N) is 3. The number of nitro groups is 1. The summed E-state index contributed by atoms with van der Waals surface area (Å²) in [6.07, 6.45) is 4.89. The Morgan fingerprint density at radius 1 is 1.20 bits per heavy atom. The summed E-state index contributed by atoms with van der Waals surface area (Å²) in [6, 6.07) is 4.43. The van der Waals surface area contributed by atoms with Gasteiger partial charge in [0.25, 0.3) is 11.6 Å². The fourth-order valence-corrected chi connectivity index (χ4v) is 4.05. The molecule has 7 heteroatoms. The molecule has 2 heterocycles. The minimum Gasteiger partial charge on any atom is -0.482 e. The molecule has 3 aliphatic rings. The van der Waals surface area contributed by atoms with E-state index in [9.17, 15) is 14.9 Å². The highest BCUT2D eigenvalue weighted by molar-refractivity contribution is 5.98. The predicted octanol–water partition coefficient (Wildman–Crippen LogP) is 2.44. The van der Waals surface area contributed by atoms with Crippen molar-refractivity contribution in [3.05, 3.63) is 28.3 Å². The highest BCUT2D eigenvalue weighted by Gasteiger charge is 2.38. The zero-order valence-corrected chi connectivity index (χ0v) is 14.2. The number of rotatable bonds is 5. The standard InChI is InChI=1S/C18H23N3O4/c22-18-12-25-17-3-2-15(21(23)24)11-16(17)20(18)7-1-6-19-8-4-13-10-14(13)5-9-19/h2-3,11,13-14H,1,4-10,12H2/t13-,14?/m0/s1. The Balaban J connectivity index is 1.39. The summed E-state index contributed by atoms with van der Waals surface area (Å²) in [7, 11) is 0. The van der Waals surface area contributed by atoms with Gasteiger partial charge in [0.2, 0.25) is 0 Å². The van der Waals surface area contributed by atoms with Crippen molar-refractivity contribution in [1.29, 1.82) is 0 Å². The lowest BCUT2D eigenvalue weighted by molar-refractivity contribution is -0.384. The van der Waals surface area contributed by atoms with Crippen LogP contribution in [0.5, 0.6) is 5.75 Å². The Morgan fingerprint density at radius 3 is 2.68 bits per heavy atom. The number of hydrogen-bond donors (Lipinski definition) is 0. The summed E-state index contributed by atoms with van der Waals surface area (Å²) in [6.45, 7) is 3.84. The molecular weight excluding hydrogens is 322 g/mol. The lowest BCUT2D eigenvalue weighted by atomic mass is 10.2. The van der Waals surface area contributed by atoms with Gasteiger partial charge >= 0.3 is 0 Å². The van der Waals surface area contributed by atoms with E-state index in [0.717, 1.165) is 37.9 Å². The molecule has 1 saturated carbocycles. The second-order valence-corrected chi connectivity index (χ2v) is 7.27. The number of fused-ring (bicyclic) bond motifs is 2. The SMILES string of the molecule is O=C1COc2ccc([N+](=O)[O-])cc2N1CCCN1CCC2C[C@@H]2CC1. The summed E-state index contributed by atoms with van der Waals surface area (Å²) in [4.78, 5) is 26.9. The van der Waals surface area contributed by atoms with E-state index in [1.807, 2.05) is 0 Å². The van der Waals surface area contributed by atoms with E-state index in [2.05, 4.69) is 4.90 Å². The van der Waals surface area contributed by atoms with E-state index >= 15 is 0 Å². The molecule has 1 amide bonds. The fraction of sp³-hybridized carbons (Fsp3) is 0.611. The number of nitro benzene ring substituents is 1. The molecule has 2 aliphatic heterocycles. The molecule has 7 nitrogen and oxygen atoms in total. The van der Waals surface area contributed by atoms with Crippen molar-refractivity contribution in [3.8, 4) is 5.75 Å². The minimum absolute atomic E-state index is 0.00210. The normalized spacial score (nSPS) is 25.6. The van der Waals surface area contributed by atoms with E-state index < -0.39 is 4.92 Å². The van der Waals surface area contributed by atoms with Crippen molar-refractivity contribution in [3.63, 3.8) is 0 Å². The summed E-state index contributed by atoms with van der Waals surface area (Å²) in [5, 5.41) is 11.0. The van der Waals surface area contributed by atoms with Crippen LogP contribution in [0.15, 0.2) is 18.2 Å². The van der Waals surface area contributed by atoms with E-state index in [1.165, 1.54) is 31.4 Å². The first-order valence-electron chi connectivity index (χ1n) is 9.06. The van der Waals surface area contributed by atoms with Crippen LogP contribution in [0.3, 0.4) is 0 Å². The van der Waals surface area contributed by atoms with Crippen LogP contribution in [0.1, 0.15) is 25.7 Å². The van der Waals surface area contributed by atoms with Gasteiger partial charge in [0.15, 0.2) is 6.61 Å². The maximum Gasteiger partial charge on any atom is 0.271 e. The Morgan fingerprint density at radius 2 is 1.96 bits per heavy atom. The molecule has 1 saturated heterocycles. The quantitative estimate of drug-likeness (QED) is 0.605. The number of anilines is 1. The van der Waals surface area contributed by atoms with Crippen LogP contribution < -0.4 is 9.64 Å². The van der Waals surface area contributed by atoms with Gasteiger partial charge in [-0.2, -0.15) is 0 Å². The first kappa shape index (κ1) is 16.3. The van der Waals surface area contributed by atoms with Gasteiger partial charge in [0.05, 0.1) is 10.6 Å². The van der Waals surface area contributed by atoms with Crippen LogP contribution in [-0.4, -0.2) is 48.5 Å². The minimum atomic E-state index is -0.444. The van der Waals surface area contributed by atoms with Gasteiger partial charge in [-0.3, -0.25) is 14.9 Å². The van der Waals surface area contributed by atoms with Crippen molar-refractivity contribution >= 4 is 17.3 Å². The lowest BCUT2D eigenvalue weighted by Gasteiger charge is -2.30. The Hall–Kier alpha value is -2.15. The molecule has 0 N–H and O–H groups in total. The molecule has 1 aromatic carbocycles. The maximum atomic E-state index is 12.2. The van der Waals surface area contributed by atoms with Crippen molar-refractivity contribution in [2.75, 3.05) is 37.7 Å². The number of benzene rings is 1. The highest BCUT2D eigenvalue weighted by atomic mass is 16.6. The smallest absolute Gasteiger partial charge is 0.271 e. The molecule has 134 valence electrons. The second-order valence-electron chi connectivity index (χ2n) is 7.27. The van der Waals surface area contributed by atoms with Crippen LogP contribution in [-0.2, 0) is 4.79 Å². The number of non-ortho nitro benzene ring substituents is 1. The van der Waals surface area contributed by atoms with E-state index in [4.69, 9.17) is 4.74 Å². The van der Waals surface area contributed by atoms with E-state index in [0.29, 0.717) is 18.0 Å². The average Bonchev–Trinajstić information content (AvgIpc) is 3.37. The Labute approximate surface area is 146 Å². The molecule has 0 aromatic heterocycles. The largest absolute Gasteiger partial charge is 0.482 e. The third-order valence-electron chi connectivity index (χ3n) is 5.65. The highest BCUT2D eigenvalue weighted by Crippen LogP contribution is 2.45. The summed E-state index contributed by atoms with van der Waals surface area (Å²) < 4.78 is 5.41. The molecule has 4 rings (SSSR count). The monoisotopic (exact) mass is 345 g/mol. The van der Waals surface area contributed by atoms with E-state index in [-0.39, 0.29) is 18.2 Å². The van der Waals surface area contributed by atoms with Crippen LogP contribution >= 0.6 is 0 Å². The van der Waals surface area contributed by atoms with Crippen LogP contribution in [0.4, 0.5) is 11.4 Å². The molecule has 0 spiro atoms. The summed E-state index contributed by atoms with van der Waals surface area (Å²) >= 11 is 0. The van der Waals surface area contributed by atoms with Gasteiger partial charge < -0.3 is 14.5 Å². The third-order valence-corrected chi connectivity index (χ3v) is 5.65. The topological polar surface area (TPSA) is 75.9 Å². The number of likely N-dealkylation sites (tertiary alicyclic amines) is 1. The van der Waals surface area contributed by atoms with Crippen LogP contribution in [0, 0.1) is 22.0 Å². The number of carbonyl (C=O) groups is 1. The Bertz CT molecular complexity index is 681. The maximum absolute atomic E-state index is 12.2. The van der Waals surface area contributed by atoms with Crippen molar-refractivity contribution in [2.24, 2.45) is 11.8 Å². The molecule has 2 fully saturated rings. The Kier molecular flexibility index (Phi) is 4.33. The second kappa shape index (κ2) is 6.63. The zero-order valence-electron chi connectivity index (χ0n) is 14.2. The van der Waals surface area contributed by atoms with Gasteiger partial charge in [-0.1, -0.05) is 0 Å². The van der Waals surface area contributed by atoms with Gasteiger partial charge in [-0.25, -0.2) is 0 Å². The van der Waals surface area contributed by atoms with Gasteiger partial charge in [0.1, 0.15) is 5.75 Å². The molecule has 2 atom stereocenters. The number of carbonyl (C=O) groups excluding carboxylic acids is 1. The molecular formula is C18H23N3O4. The molecule has 1 unspecified atom stereocenters. The molecule has 0 bridgehead atoms. The van der Waals surface area contributed by atoms with Crippen LogP contribution in [0.2, 0.25) is 0 Å². The molecule has 1 aliphatic carbocycles. The average molecular weight is 345 g/mol. The van der Waals surface area contributed by atoms with Gasteiger partial charge in [-0.15, -0.1) is 0 Å². The van der Waals surface area contributed by atoms with E-state index in [1.54, 1.807) is 11.0 Å². The fourth-order valence-electron chi connectivity index (χ4n) is 4.05. The van der Waals surface area contributed by atoms with Crippen LogP contribution in [0.25, 0.3) is 0 Å². The summed E-state index contributed by atoms with van der Waals surface area (Å²) in [5.41, 5.74) is 0.497. The third kappa shape index (κ3) is 3.46. The van der Waals surface area contributed by atoms with Crippen molar-refractivity contribution < 1.29 is 14.5 Å². The van der Waals surface area contributed by atoms with Gasteiger partial charge in [0, 0.05) is 18.7 Å². The molecule has 25 heavy (non-hydrogen) atoms. The first-order chi connectivity index (χ1) is 12.1. The first-order valence-corrected chi connectivity index (χ1v) is 9.06. The summed E-state index contributed by atoms with van der Waals surface area (Å²) in [5.74, 6) is 2.32.